The highest BCUT2D eigenvalue weighted by atomic mass is 16.4. The Morgan fingerprint density at radius 1 is 0.913 bits per heavy atom. The molecule has 1 aliphatic carbocycles. The van der Waals surface area contributed by atoms with E-state index in [0.717, 1.165) is 24.1 Å². The monoisotopic (exact) mass is 307 g/mol. The molecule has 0 saturated carbocycles. The van der Waals surface area contributed by atoms with E-state index in [1.54, 1.807) is 0 Å². The first-order chi connectivity index (χ1) is 10.9. The summed E-state index contributed by atoms with van der Waals surface area (Å²) < 4.78 is 0. The zero-order valence-electron chi connectivity index (χ0n) is 14.7. The summed E-state index contributed by atoms with van der Waals surface area (Å²) in [4.78, 5) is 0. The van der Waals surface area contributed by atoms with E-state index in [1.807, 2.05) is 0 Å². The van der Waals surface area contributed by atoms with Gasteiger partial charge in [-0.25, -0.2) is 0 Å². The fourth-order valence-corrected chi connectivity index (χ4v) is 3.64. The molecule has 2 aromatic carbocycles. The van der Waals surface area contributed by atoms with Crippen molar-refractivity contribution >= 4 is 5.71 Å². The first kappa shape index (κ1) is 15.8. The van der Waals surface area contributed by atoms with Crippen molar-refractivity contribution in [3.05, 3.63) is 69.3 Å². The predicted molar refractivity (Wildman–Crippen MR) is 95.8 cm³/mol. The second-order valence-corrected chi connectivity index (χ2v) is 7.16. The van der Waals surface area contributed by atoms with E-state index >= 15 is 0 Å². The van der Waals surface area contributed by atoms with Crippen molar-refractivity contribution in [2.24, 2.45) is 5.16 Å². The van der Waals surface area contributed by atoms with Crippen LogP contribution in [0.5, 0.6) is 0 Å². The molecule has 1 N–H and O–H groups in total. The molecule has 0 aliphatic heterocycles. The van der Waals surface area contributed by atoms with Crippen molar-refractivity contribution in [2.45, 2.75) is 52.9 Å². The molecule has 2 aromatic rings. The van der Waals surface area contributed by atoms with Gasteiger partial charge < -0.3 is 5.21 Å². The standard InChI is InChI=1S/C21H25NO/c1-13-6-7-17(10-14(13)2)21(5)9-8-20(22-23)18-11-15(3)16(4)12-19(18)21/h6-7,10-12,23H,8-9H2,1-5H3/b22-20+/t21-/m0/s1. The highest BCUT2D eigenvalue weighted by molar-refractivity contribution is 6.03. The van der Waals surface area contributed by atoms with Crippen molar-refractivity contribution in [3.63, 3.8) is 0 Å². The molecule has 0 fully saturated rings. The van der Waals surface area contributed by atoms with Crippen LogP contribution in [0.2, 0.25) is 0 Å². The van der Waals surface area contributed by atoms with E-state index in [-0.39, 0.29) is 5.41 Å². The van der Waals surface area contributed by atoms with Crippen LogP contribution in [-0.2, 0) is 5.41 Å². The Morgan fingerprint density at radius 3 is 2.22 bits per heavy atom. The zero-order chi connectivity index (χ0) is 16.8. The summed E-state index contributed by atoms with van der Waals surface area (Å²) in [5.74, 6) is 0. The summed E-state index contributed by atoms with van der Waals surface area (Å²) in [5, 5.41) is 13.0. The maximum atomic E-state index is 9.41. The Bertz CT molecular complexity index is 804. The average Bonchev–Trinajstić information content (AvgIpc) is 2.52. The van der Waals surface area contributed by atoms with Crippen LogP contribution in [0.15, 0.2) is 35.5 Å². The average molecular weight is 307 g/mol. The van der Waals surface area contributed by atoms with Gasteiger partial charge in [0.1, 0.15) is 0 Å². The number of hydrogen-bond donors (Lipinski definition) is 1. The molecule has 0 bridgehead atoms. The summed E-state index contributed by atoms with van der Waals surface area (Å²) in [7, 11) is 0. The van der Waals surface area contributed by atoms with Gasteiger partial charge in [-0.3, -0.25) is 0 Å². The third-order valence-electron chi connectivity index (χ3n) is 5.67. The van der Waals surface area contributed by atoms with E-state index in [4.69, 9.17) is 0 Å². The molecule has 0 radical (unpaired) electrons. The highest BCUT2D eigenvalue weighted by Gasteiger charge is 2.36. The maximum Gasteiger partial charge on any atom is 0.0871 e. The SMILES string of the molecule is Cc1ccc([C@]2(C)CC/C(=N\O)c3cc(C)c(C)cc32)cc1C. The zero-order valence-corrected chi connectivity index (χ0v) is 14.7. The summed E-state index contributed by atoms with van der Waals surface area (Å²) in [5.41, 5.74) is 9.69. The minimum Gasteiger partial charge on any atom is -0.411 e. The van der Waals surface area contributed by atoms with Crippen LogP contribution in [0.25, 0.3) is 0 Å². The number of fused-ring (bicyclic) bond motifs is 1. The molecule has 120 valence electrons. The van der Waals surface area contributed by atoms with E-state index < -0.39 is 0 Å². The number of hydrogen-bond acceptors (Lipinski definition) is 2. The Labute approximate surface area is 138 Å². The second kappa shape index (κ2) is 5.52. The molecule has 0 amide bonds. The lowest BCUT2D eigenvalue weighted by atomic mass is 9.66. The van der Waals surface area contributed by atoms with Gasteiger partial charge in [0, 0.05) is 11.0 Å². The summed E-state index contributed by atoms with van der Waals surface area (Å²) >= 11 is 0. The molecule has 2 nitrogen and oxygen atoms in total. The molecule has 23 heavy (non-hydrogen) atoms. The van der Waals surface area contributed by atoms with E-state index in [1.165, 1.54) is 33.4 Å². The molecular formula is C21H25NO. The number of nitrogens with zero attached hydrogens (tertiary/aromatic N) is 1. The highest BCUT2D eigenvalue weighted by Crippen LogP contribution is 2.43. The largest absolute Gasteiger partial charge is 0.411 e. The number of aryl methyl sites for hydroxylation is 4. The predicted octanol–water partition coefficient (Wildman–Crippen LogP) is 5.20. The molecule has 0 unspecified atom stereocenters. The van der Waals surface area contributed by atoms with Gasteiger partial charge in [-0.15, -0.1) is 0 Å². The van der Waals surface area contributed by atoms with Gasteiger partial charge in [-0.05, 0) is 80.0 Å². The molecular weight excluding hydrogens is 282 g/mol. The molecule has 0 spiro atoms. The van der Waals surface area contributed by atoms with E-state index in [2.05, 4.69) is 70.1 Å². The number of oxime groups is 1. The number of rotatable bonds is 1. The van der Waals surface area contributed by atoms with Crippen LogP contribution in [0, 0.1) is 27.7 Å². The molecule has 1 aliphatic rings. The van der Waals surface area contributed by atoms with Crippen molar-refractivity contribution in [1.29, 1.82) is 0 Å². The third kappa shape index (κ3) is 2.46. The fourth-order valence-electron chi connectivity index (χ4n) is 3.64. The van der Waals surface area contributed by atoms with Gasteiger partial charge in [-0.1, -0.05) is 36.3 Å². The summed E-state index contributed by atoms with van der Waals surface area (Å²) in [6.07, 6.45) is 1.76. The minimum atomic E-state index is -0.0412. The van der Waals surface area contributed by atoms with E-state index in [9.17, 15) is 5.21 Å². The lowest BCUT2D eigenvalue weighted by Crippen LogP contribution is -2.32. The Morgan fingerprint density at radius 2 is 1.57 bits per heavy atom. The van der Waals surface area contributed by atoms with Crippen molar-refractivity contribution in [3.8, 4) is 0 Å². The van der Waals surface area contributed by atoms with Crippen LogP contribution in [0.1, 0.15) is 58.7 Å². The summed E-state index contributed by atoms with van der Waals surface area (Å²) in [6, 6.07) is 11.2. The van der Waals surface area contributed by atoms with Crippen LogP contribution in [0.3, 0.4) is 0 Å². The Hall–Kier alpha value is -2.09. The van der Waals surface area contributed by atoms with Crippen LogP contribution in [-0.4, -0.2) is 10.9 Å². The van der Waals surface area contributed by atoms with Crippen LogP contribution < -0.4 is 0 Å². The second-order valence-electron chi connectivity index (χ2n) is 7.16. The van der Waals surface area contributed by atoms with Crippen molar-refractivity contribution in [2.75, 3.05) is 0 Å². The quantitative estimate of drug-likeness (QED) is 0.570. The Balaban J connectivity index is 2.25. The molecule has 2 heteroatoms. The lowest BCUT2D eigenvalue weighted by molar-refractivity contribution is 0.316. The third-order valence-corrected chi connectivity index (χ3v) is 5.67. The molecule has 0 aromatic heterocycles. The maximum absolute atomic E-state index is 9.41. The van der Waals surface area contributed by atoms with Gasteiger partial charge >= 0.3 is 0 Å². The van der Waals surface area contributed by atoms with Gasteiger partial charge in [0.25, 0.3) is 0 Å². The number of benzene rings is 2. The van der Waals surface area contributed by atoms with Gasteiger partial charge in [-0.2, -0.15) is 0 Å². The topological polar surface area (TPSA) is 32.6 Å². The van der Waals surface area contributed by atoms with Gasteiger partial charge in [0.15, 0.2) is 0 Å². The van der Waals surface area contributed by atoms with Crippen molar-refractivity contribution < 1.29 is 5.21 Å². The smallest absolute Gasteiger partial charge is 0.0871 e. The lowest BCUT2D eigenvalue weighted by Gasteiger charge is -2.37. The van der Waals surface area contributed by atoms with Crippen molar-refractivity contribution in [1.82, 2.24) is 0 Å². The Kier molecular flexibility index (Phi) is 3.79. The normalized spacial score (nSPS) is 22.2. The fraction of sp³-hybridized carbons (Fsp3) is 0.381. The van der Waals surface area contributed by atoms with Crippen LogP contribution >= 0.6 is 0 Å². The molecule has 0 heterocycles. The molecule has 3 rings (SSSR count). The van der Waals surface area contributed by atoms with Gasteiger partial charge in [0.05, 0.1) is 5.71 Å². The molecule has 1 atom stereocenters. The minimum absolute atomic E-state index is 0.0412. The summed E-state index contributed by atoms with van der Waals surface area (Å²) in [6.45, 7) is 10.9. The van der Waals surface area contributed by atoms with E-state index in [0.29, 0.717) is 0 Å². The molecule has 0 saturated heterocycles. The van der Waals surface area contributed by atoms with Gasteiger partial charge in [0.2, 0.25) is 0 Å². The van der Waals surface area contributed by atoms with Crippen LogP contribution in [0.4, 0.5) is 0 Å². The first-order valence-electron chi connectivity index (χ1n) is 8.27. The first-order valence-corrected chi connectivity index (χ1v) is 8.27.